The lowest BCUT2D eigenvalue weighted by Gasteiger charge is -2.06. The molecule has 0 heterocycles. The Hall–Kier alpha value is -0.860. The van der Waals surface area contributed by atoms with Crippen LogP contribution in [0.2, 0.25) is 5.02 Å². The predicted molar refractivity (Wildman–Crippen MR) is 58.9 cm³/mol. The van der Waals surface area contributed by atoms with E-state index in [4.69, 9.17) is 17.3 Å². The smallest absolute Gasteiger partial charge is 0.164 e. The Labute approximate surface area is 89.1 Å². The molecule has 0 atom stereocenters. The summed E-state index contributed by atoms with van der Waals surface area (Å²) in [6.07, 6.45) is 0.374. The number of hydrogen-bond acceptors (Lipinski definition) is 2. The highest BCUT2D eigenvalue weighted by atomic mass is 35.5. The standard InChI is InChI=1S/C11H14ClNO/c1-7-5-9(11(14)3-4-13)6-10(12)8(7)2/h5-6H,3-4,13H2,1-2H3. The van der Waals surface area contributed by atoms with Gasteiger partial charge in [0, 0.05) is 17.0 Å². The molecule has 1 aromatic rings. The number of hydrogen-bond donors (Lipinski definition) is 1. The maximum absolute atomic E-state index is 11.5. The van der Waals surface area contributed by atoms with E-state index in [1.165, 1.54) is 0 Å². The highest BCUT2D eigenvalue weighted by Gasteiger charge is 2.08. The summed E-state index contributed by atoms with van der Waals surface area (Å²) in [6, 6.07) is 3.57. The minimum atomic E-state index is 0.0532. The fourth-order valence-corrected chi connectivity index (χ4v) is 1.52. The molecule has 0 bridgehead atoms. The summed E-state index contributed by atoms with van der Waals surface area (Å²) >= 11 is 5.98. The Kier molecular flexibility index (Phi) is 3.67. The Morgan fingerprint density at radius 3 is 2.57 bits per heavy atom. The van der Waals surface area contributed by atoms with Gasteiger partial charge in [-0.1, -0.05) is 11.6 Å². The molecule has 3 heteroatoms. The van der Waals surface area contributed by atoms with Crippen molar-refractivity contribution in [2.24, 2.45) is 5.73 Å². The fraction of sp³-hybridized carbons (Fsp3) is 0.364. The van der Waals surface area contributed by atoms with Crippen LogP contribution in [0.1, 0.15) is 27.9 Å². The van der Waals surface area contributed by atoms with Crippen LogP contribution < -0.4 is 5.73 Å². The third kappa shape index (κ3) is 2.34. The number of nitrogens with two attached hydrogens (primary N) is 1. The summed E-state index contributed by atoms with van der Waals surface area (Å²) in [6.45, 7) is 4.26. The van der Waals surface area contributed by atoms with E-state index in [1.54, 1.807) is 6.07 Å². The van der Waals surface area contributed by atoms with Crippen molar-refractivity contribution < 1.29 is 4.79 Å². The summed E-state index contributed by atoms with van der Waals surface area (Å²) in [5, 5.41) is 0.644. The van der Waals surface area contributed by atoms with Crippen molar-refractivity contribution in [2.45, 2.75) is 20.3 Å². The third-order valence-corrected chi connectivity index (χ3v) is 2.69. The summed E-state index contributed by atoms with van der Waals surface area (Å²) < 4.78 is 0. The largest absolute Gasteiger partial charge is 0.330 e. The Bertz CT molecular complexity index is 337. The van der Waals surface area contributed by atoms with Gasteiger partial charge >= 0.3 is 0 Å². The molecular formula is C11H14ClNO. The van der Waals surface area contributed by atoms with Crippen LogP contribution in [0.15, 0.2) is 12.1 Å². The highest BCUT2D eigenvalue weighted by Crippen LogP contribution is 2.21. The second kappa shape index (κ2) is 4.58. The second-order valence-electron chi connectivity index (χ2n) is 3.36. The topological polar surface area (TPSA) is 43.1 Å². The number of benzene rings is 1. The first kappa shape index (κ1) is 11.2. The predicted octanol–water partition coefficient (Wildman–Crippen LogP) is 2.49. The van der Waals surface area contributed by atoms with Gasteiger partial charge in [-0.05, 0) is 43.7 Å². The van der Waals surface area contributed by atoms with Crippen LogP contribution in [0.5, 0.6) is 0 Å². The van der Waals surface area contributed by atoms with E-state index in [2.05, 4.69) is 0 Å². The molecule has 0 unspecified atom stereocenters. The van der Waals surface area contributed by atoms with Gasteiger partial charge < -0.3 is 5.73 Å². The minimum absolute atomic E-state index is 0.0532. The molecule has 0 saturated carbocycles. The molecule has 0 fully saturated rings. The maximum atomic E-state index is 11.5. The van der Waals surface area contributed by atoms with Gasteiger partial charge in [-0.3, -0.25) is 4.79 Å². The molecule has 0 aliphatic carbocycles. The zero-order chi connectivity index (χ0) is 10.7. The second-order valence-corrected chi connectivity index (χ2v) is 3.77. The van der Waals surface area contributed by atoms with Crippen molar-refractivity contribution in [2.75, 3.05) is 6.54 Å². The van der Waals surface area contributed by atoms with E-state index < -0.39 is 0 Å². The minimum Gasteiger partial charge on any atom is -0.330 e. The molecular weight excluding hydrogens is 198 g/mol. The molecule has 1 aromatic carbocycles. The van der Waals surface area contributed by atoms with E-state index in [1.807, 2.05) is 19.9 Å². The average molecular weight is 212 g/mol. The average Bonchev–Trinajstić information content (AvgIpc) is 2.13. The molecule has 1 rings (SSSR count). The van der Waals surface area contributed by atoms with Crippen LogP contribution in [-0.4, -0.2) is 12.3 Å². The first-order valence-corrected chi connectivity index (χ1v) is 4.94. The molecule has 76 valence electrons. The van der Waals surface area contributed by atoms with Crippen LogP contribution in [0, 0.1) is 13.8 Å². The molecule has 2 N–H and O–H groups in total. The van der Waals surface area contributed by atoms with Gasteiger partial charge in [-0.15, -0.1) is 0 Å². The molecule has 2 nitrogen and oxygen atoms in total. The zero-order valence-electron chi connectivity index (χ0n) is 8.43. The quantitative estimate of drug-likeness (QED) is 0.781. The maximum Gasteiger partial charge on any atom is 0.164 e. The third-order valence-electron chi connectivity index (χ3n) is 2.30. The van der Waals surface area contributed by atoms with Crippen molar-refractivity contribution >= 4 is 17.4 Å². The van der Waals surface area contributed by atoms with Gasteiger partial charge in [0.05, 0.1) is 0 Å². The Morgan fingerprint density at radius 1 is 1.43 bits per heavy atom. The summed E-state index contributed by atoms with van der Waals surface area (Å²) in [5.41, 5.74) is 8.04. The number of carbonyl (C=O) groups excluding carboxylic acids is 1. The number of aryl methyl sites for hydroxylation is 1. The molecule has 0 aromatic heterocycles. The van der Waals surface area contributed by atoms with E-state index in [9.17, 15) is 4.79 Å². The lowest BCUT2D eigenvalue weighted by molar-refractivity contribution is 0.0985. The number of carbonyl (C=O) groups is 1. The normalized spacial score (nSPS) is 10.3. The van der Waals surface area contributed by atoms with Gasteiger partial charge in [0.25, 0.3) is 0 Å². The summed E-state index contributed by atoms with van der Waals surface area (Å²) in [5.74, 6) is 0.0532. The van der Waals surface area contributed by atoms with Crippen LogP contribution in [0.3, 0.4) is 0 Å². The van der Waals surface area contributed by atoms with Crippen LogP contribution >= 0.6 is 11.6 Å². The van der Waals surface area contributed by atoms with E-state index in [0.29, 0.717) is 23.6 Å². The zero-order valence-corrected chi connectivity index (χ0v) is 9.19. The summed E-state index contributed by atoms with van der Waals surface area (Å²) in [4.78, 5) is 11.5. The molecule has 14 heavy (non-hydrogen) atoms. The van der Waals surface area contributed by atoms with Crippen molar-refractivity contribution in [3.8, 4) is 0 Å². The van der Waals surface area contributed by atoms with Crippen LogP contribution in [0.25, 0.3) is 0 Å². The van der Waals surface area contributed by atoms with Crippen molar-refractivity contribution in [3.63, 3.8) is 0 Å². The molecule has 0 radical (unpaired) electrons. The van der Waals surface area contributed by atoms with Crippen LogP contribution in [0.4, 0.5) is 0 Å². The Morgan fingerprint density at radius 2 is 2.07 bits per heavy atom. The summed E-state index contributed by atoms with van der Waals surface area (Å²) in [7, 11) is 0. The lowest BCUT2D eigenvalue weighted by atomic mass is 10.0. The van der Waals surface area contributed by atoms with Crippen molar-refractivity contribution in [1.29, 1.82) is 0 Å². The fourth-order valence-electron chi connectivity index (χ4n) is 1.25. The SMILES string of the molecule is Cc1cc(C(=O)CCN)cc(Cl)c1C. The van der Waals surface area contributed by atoms with Gasteiger partial charge in [0.15, 0.2) is 5.78 Å². The number of rotatable bonds is 3. The Balaban J connectivity index is 3.06. The van der Waals surface area contributed by atoms with E-state index in [-0.39, 0.29) is 5.78 Å². The molecule has 0 aliphatic heterocycles. The highest BCUT2D eigenvalue weighted by molar-refractivity contribution is 6.31. The molecule has 0 amide bonds. The van der Waals surface area contributed by atoms with Crippen molar-refractivity contribution in [3.05, 3.63) is 33.8 Å². The number of halogens is 1. The van der Waals surface area contributed by atoms with Gasteiger partial charge in [0.2, 0.25) is 0 Å². The van der Waals surface area contributed by atoms with Crippen molar-refractivity contribution in [1.82, 2.24) is 0 Å². The van der Waals surface area contributed by atoms with E-state index in [0.717, 1.165) is 11.1 Å². The molecule has 0 saturated heterocycles. The monoisotopic (exact) mass is 211 g/mol. The van der Waals surface area contributed by atoms with E-state index >= 15 is 0 Å². The number of ketones is 1. The van der Waals surface area contributed by atoms with Gasteiger partial charge in [-0.2, -0.15) is 0 Å². The molecule has 0 aliphatic rings. The van der Waals surface area contributed by atoms with Gasteiger partial charge in [-0.25, -0.2) is 0 Å². The van der Waals surface area contributed by atoms with Crippen LogP contribution in [-0.2, 0) is 0 Å². The van der Waals surface area contributed by atoms with Gasteiger partial charge in [0.1, 0.15) is 0 Å². The lowest BCUT2D eigenvalue weighted by Crippen LogP contribution is -2.08. The first-order chi connectivity index (χ1) is 6.56. The first-order valence-electron chi connectivity index (χ1n) is 4.56. The molecule has 0 spiro atoms. The number of Topliss-reactive ketones (excluding diaryl/α,β-unsaturated/α-hetero) is 1.